The highest BCUT2D eigenvalue weighted by molar-refractivity contribution is 7.90. The van der Waals surface area contributed by atoms with E-state index >= 15 is 0 Å². The molecule has 3 aromatic rings. The molecular weight excluding hydrogens is 390 g/mol. The minimum absolute atomic E-state index is 0.119. The number of amides is 1. The minimum Gasteiger partial charge on any atom is -0.497 e. The van der Waals surface area contributed by atoms with Crippen molar-refractivity contribution < 1.29 is 17.9 Å². The number of benzene rings is 2. The summed E-state index contributed by atoms with van der Waals surface area (Å²) < 4.78 is 31.0. The van der Waals surface area contributed by atoms with Crippen LogP contribution in [0.1, 0.15) is 32.7 Å². The number of aryl methyl sites for hydroxylation is 1. The first kappa shape index (κ1) is 19.2. The summed E-state index contributed by atoms with van der Waals surface area (Å²) >= 11 is 0. The third kappa shape index (κ3) is 3.51. The van der Waals surface area contributed by atoms with Gasteiger partial charge in [-0.2, -0.15) is 5.10 Å². The number of fused-ring (bicyclic) bond motifs is 1. The van der Waals surface area contributed by atoms with Crippen molar-refractivity contribution in [2.24, 2.45) is 0 Å². The third-order valence-corrected chi connectivity index (χ3v) is 6.62. The Labute approximate surface area is 169 Å². The van der Waals surface area contributed by atoms with Crippen LogP contribution in [0.2, 0.25) is 0 Å². The second kappa shape index (κ2) is 7.04. The van der Waals surface area contributed by atoms with Gasteiger partial charge in [0.25, 0.3) is 5.91 Å². The van der Waals surface area contributed by atoms with Gasteiger partial charge in [-0.1, -0.05) is 12.1 Å². The van der Waals surface area contributed by atoms with Crippen LogP contribution in [0.25, 0.3) is 5.69 Å². The number of hydrogen-bond acceptors (Lipinski definition) is 5. The van der Waals surface area contributed by atoms with Crippen LogP contribution in [0.5, 0.6) is 5.75 Å². The van der Waals surface area contributed by atoms with Crippen molar-refractivity contribution in [1.29, 1.82) is 0 Å². The van der Waals surface area contributed by atoms with Crippen LogP contribution in [-0.4, -0.2) is 31.2 Å². The molecule has 2 aromatic carbocycles. The van der Waals surface area contributed by atoms with E-state index in [1.54, 1.807) is 36.1 Å². The van der Waals surface area contributed by atoms with E-state index in [-0.39, 0.29) is 17.4 Å². The molecule has 0 radical (unpaired) electrons. The zero-order valence-corrected chi connectivity index (χ0v) is 17.2. The number of nitrogens with zero attached hydrogens (tertiary/aromatic N) is 2. The number of anilines is 1. The smallest absolute Gasteiger partial charge is 0.256 e. The number of ether oxygens (including phenoxy) is 1. The van der Waals surface area contributed by atoms with Crippen molar-refractivity contribution in [3.05, 3.63) is 70.4 Å². The Balaban J connectivity index is 1.78. The molecule has 0 saturated heterocycles. The predicted molar refractivity (Wildman–Crippen MR) is 110 cm³/mol. The number of nitrogens with one attached hydrogen (secondary N) is 1. The number of methoxy groups -OCH3 is 1. The zero-order valence-electron chi connectivity index (χ0n) is 16.4. The number of aromatic nitrogens is 2. The fourth-order valence-electron chi connectivity index (χ4n) is 3.43. The number of sulfone groups is 1. The van der Waals surface area contributed by atoms with Gasteiger partial charge in [0.2, 0.25) is 0 Å². The van der Waals surface area contributed by atoms with Crippen molar-refractivity contribution >= 4 is 21.6 Å². The van der Waals surface area contributed by atoms with Gasteiger partial charge >= 0.3 is 0 Å². The lowest BCUT2D eigenvalue weighted by Gasteiger charge is -2.14. The monoisotopic (exact) mass is 411 g/mol. The highest BCUT2D eigenvalue weighted by Gasteiger charge is 2.33. The van der Waals surface area contributed by atoms with E-state index in [9.17, 15) is 13.2 Å². The van der Waals surface area contributed by atoms with Gasteiger partial charge in [-0.25, -0.2) is 13.1 Å². The predicted octanol–water partition coefficient (Wildman–Crippen LogP) is 3.18. The highest BCUT2D eigenvalue weighted by atomic mass is 32.2. The molecule has 0 fully saturated rings. The van der Waals surface area contributed by atoms with Crippen molar-refractivity contribution in [3.63, 3.8) is 0 Å². The molecule has 0 spiro atoms. The Morgan fingerprint density at radius 1 is 1.10 bits per heavy atom. The summed E-state index contributed by atoms with van der Waals surface area (Å²) in [7, 11) is -1.70. The van der Waals surface area contributed by atoms with Crippen LogP contribution in [0.15, 0.2) is 42.5 Å². The Bertz CT molecular complexity index is 1210. The molecule has 1 N–H and O–H groups in total. The number of hydrogen-bond donors (Lipinski definition) is 1. The maximum absolute atomic E-state index is 12.9. The van der Waals surface area contributed by atoms with Crippen molar-refractivity contribution in [1.82, 2.24) is 9.78 Å². The Morgan fingerprint density at radius 3 is 2.52 bits per heavy atom. The van der Waals surface area contributed by atoms with Gasteiger partial charge in [0.1, 0.15) is 11.6 Å². The summed E-state index contributed by atoms with van der Waals surface area (Å²) in [6.45, 7) is 3.97. The molecule has 1 aliphatic rings. The van der Waals surface area contributed by atoms with Gasteiger partial charge in [0.05, 0.1) is 30.0 Å². The Morgan fingerprint density at radius 2 is 1.83 bits per heavy atom. The largest absolute Gasteiger partial charge is 0.497 e. The Hall–Kier alpha value is -3.13. The van der Waals surface area contributed by atoms with Gasteiger partial charge in [0, 0.05) is 11.1 Å². The number of carbonyl (C=O) groups excluding carboxylic acids is 1. The van der Waals surface area contributed by atoms with Crippen LogP contribution >= 0.6 is 0 Å². The normalized spacial score (nSPS) is 14.4. The van der Waals surface area contributed by atoms with E-state index < -0.39 is 9.84 Å². The van der Waals surface area contributed by atoms with Gasteiger partial charge < -0.3 is 10.1 Å². The molecular formula is C21H21N3O4S. The van der Waals surface area contributed by atoms with Gasteiger partial charge in [-0.05, 0) is 55.3 Å². The van der Waals surface area contributed by atoms with E-state index in [0.29, 0.717) is 28.4 Å². The van der Waals surface area contributed by atoms with Crippen LogP contribution < -0.4 is 10.1 Å². The van der Waals surface area contributed by atoms with E-state index in [0.717, 1.165) is 16.8 Å². The highest BCUT2D eigenvalue weighted by Crippen LogP contribution is 2.34. The minimum atomic E-state index is -3.25. The maximum atomic E-state index is 12.9. The number of rotatable bonds is 4. The van der Waals surface area contributed by atoms with Crippen molar-refractivity contribution in [3.8, 4) is 11.4 Å². The summed E-state index contributed by atoms with van der Waals surface area (Å²) in [4.78, 5) is 12.9. The molecule has 0 atom stereocenters. The molecule has 2 heterocycles. The summed E-state index contributed by atoms with van der Waals surface area (Å²) in [5.41, 5.74) is 4.37. The van der Waals surface area contributed by atoms with Gasteiger partial charge in [-0.3, -0.25) is 4.79 Å². The van der Waals surface area contributed by atoms with Crippen LogP contribution in [0.4, 0.5) is 5.82 Å². The fourth-order valence-corrected chi connectivity index (χ4v) is 4.93. The molecule has 150 valence electrons. The molecule has 4 rings (SSSR count). The lowest BCUT2D eigenvalue weighted by atomic mass is 10.1. The lowest BCUT2D eigenvalue weighted by Crippen LogP contribution is -2.17. The quantitative estimate of drug-likeness (QED) is 0.712. The molecule has 0 bridgehead atoms. The molecule has 0 saturated carbocycles. The molecule has 1 aliphatic heterocycles. The van der Waals surface area contributed by atoms with Crippen LogP contribution in [0, 0.1) is 13.8 Å². The van der Waals surface area contributed by atoms with Crippen molar-refractivity contribution in [2.45, 2.75) is 25.4 Å². The summed E-state index contributed by atoms with van der Waals surface area (Å²) in [6.07, 6.45) is 0. The molecule has 0 unspecified atom stereocenters. The average Bonchev–Trinajstić information content (AvgIpc) is 3.16. The maximum Gasteiger partial charge on any atom is 0.256 e. The fraction of sp³-hybridized carbons (Fsp3) is 0.238. The first-order valence-electron chi connectivity index (χ1n) is 9.12. The van der Waals surface area contributed by atoms with E-state index in [2.05, 4.69) is 10.4 Å². The summed E-state index contributed by atoms with van der Waals surface area (Å²) in [6, 6.07) is 12.5. The second-order valence-corrected chi connectivity index (χ2v) is 9.18. The molecule has 7 nitrogen and oxygen atoms in total. The van der Waals surface area contributed by atoms with E-state index in [1.807, 2.05) is 32.0 Å². The second-order valence-electron chi connectivity index (χ2n) is 7.12. The molecule has 1 aromatic heterocycles. The topological polar surface area (TPSA) is 90.3 Å². The first-order valence-corrected chi connectivity index (χ1v) is 10.9. The average molecular weight is 411 g/mol. The van der Waals surface area contributed by atoms with E-state index in [1.165, 1.54) is 0 Å². The molecule has 29 heavy (non-hydrogen) atoms. The van der Waals surface area contributed by atoms with Gasteiger partial charge in [0.15, 0.2) is 9.84 Å². The standard InChI is InChI=1S/C21H21N3O4S/c1-13-5-4-6-19(14(13)2)24-20(17-11-29(26,27)12-18(17)23-24)22-21(25)15-7-9-16(28-3)10-8-15/h4-10H,11-12H2,1-3H3,(H,22,25). The SMILES string of the molecule is COc1ccc(C(=O)Nc2c3c(nn2-c2cccc(C)c2C)CS(=O)(=O)C3)cc1. The van der Waals surface area contributed by atoms with Crippen LogP contribution in [-0.2, 0) is 21.3 Å². The summed E-state index contributed by atoms with van der Waals surface area (Å²) in [5, 5.41) is 7.42. The third-order valence-electron chi connectivity index (χ3n) is 5.18. The first-order chi connectivity index (χ1) is 13.8. The molecule has 8 heteroatoms. The van der Waals surface area contributed by atoms with Gasteiger partial charge in [-0.15, -0.1) is 0 Å². The lowest BCUT2D eigenvalue weighted by molar-refractivity contribution is 0.102. The molecule has 0 aliphatic carbocycles. The molecule has 1 amide bonds. The van der Waals surface area contributed by atoms with Crippen molar-refractivity contribution in [2.75, 3.05) is 12.4 Å². The van der Waals surface area contributed by atoms with Crippen LogP contribution in [0.3, 0.4) is 0 Å². The summed E-state index contributed by atoms with van der Waals surface area (Å²) in [5.74, 6) is 0.451. The Kier molecular flexibility index (Phi) is 4.66. The van der Waals surface area contributed by atoms with E-state index in [4.69, 9.17) is 4.74 Å². The zero-order chi connectivity index (χ0) is 20.8. The number of carbonyl (C=O) groups is 1.